The molecule has 1 unspecified atom stereocenters. The predicted molar refractivity (Wildman–Crippen MR) is 110 cm³/mol. The number of methoxy groups -OCH3 is 2. The van der Waals surface area contributed by atoms with Crippen molar-refractivity contribution in [3.8, 4) is 22.8 Å². The number of carbonyl (C=O) groups excluding carboxylic acids is 1. The summed E-state index contributed by atoms with van der Waals surface area (Å²) in [6.45, 7) is 3.51. The van der Waals surface area contributed by atoms with E-state index in [0.717, 1.165) is 16.2 Å². The first kappa shape index (κ1) is 20.7. The molecule has 2 aromatic heterocycles. The number of amides is 1. The monoisotopic (exact) mass is 417 g/mol. The number of thiazole rings is 1. The smallest absolute Gasteiger partial charge is 0.326 e. The maximum Gasteiger partial charge on any atom is 0.326 e. The first-order chi connectivity index (χ1) is 13.8. The number of nitrogens with one attached hydrogen (secondary N) is 1. The largest absolute Gasteiger partial charge is 0.497 e. The molecule has 1 atom stereocenters. The van der Waals surface area contributed by atoms with E-state index in [0.29, 0.717) is 17.2 Å². The minimum atomic E-state index is -1.04. The lowest BCUT2D eigenvalue weighted by molar-refractivity contribution is -0.143. The first-order valence-corrected chi connectivity index (χ1v) is 9.92. The number of benzene rings is 1. The van der Waals surface area contributed by atoms with E-state index in [2.05, 4.69) is 10.3 Å². The Morgan fingerprint density at radius 1 is 1.28 bits per heavy atom. The van der Waals surface area contributed by atoms with Crippen molar-refractivity contribution < 1.29 is 24.2 Å². The molecule has 0 radical (unpaired) electrons. The Bertz CT molecular complexity index is 1040. The molecule has 0 aliphatic carbocycles. The van der Waals surface area contributed by atoms with Crippen LogP contribution in [0.1, 0.15) is 19.5 Å². The van der Waals surface area contributed by atoms with Crippen molar-refractivity contribution in [3.05, 3.63) is 35.5 Å². The number of fused-ring (bicyclic) bond motifs is 1. The van der Waals surface area contributed by atoms with Gasteiger partial charge in [-0.15, -0.1) is 11.3 Å². The molecule has 2 heterocycles. The molecule has 9 heteroatoms. The number of hydrogen-bond donors (Lipinski definition) is 2. The van der Waals surface area contributed by atoms with Gasteiger partial charge in [-0.2, -0.15) is 0 Å². The van der Waals surface area contributed by atoms with E-state index in [1.165, 1.54) is 11.3 Å². The SMILES string of the molecule is COc1ccc(OC)c(-c2cn3c(CC(=O)NC(C(=O)O)C(C)C)csc3n2)c1. The molecule has 0 spiro atoms. The molecule has 1 aromatic carbocycles. The van der Waals surface area contributed by atoms with Crippen molar-refractivity contribution in [1.82, 2.24) is 14.7 Å². The number of rotatable bonds is 8. The molecule has 2 N–H and O–H groups in total. The van der Waals surface area contributed by atoms with Gasteiger partial charge in [-0.3, -0.25) is 9.20 Å². The summed E-state index contributed by atoms with van der Waals surface area (Å²) in [4.78, 5) is 29.1. The van der Waals surface area contributed by atoms with Crippen molar-refractivity contribution >= 4 is 28.2 Å². The zero-order valence-electron chi connectivity index (χ0n) is 16.6. The highest BCUT2D eigenvalue weighted by Crippen LogP contribution is 2.34. The van der Waals surface area contributed by atoms with E-state index < -0.39 is 12.0 Å². The summed E-state index contributed by atoms with van der Waals surface area (Å²) < 4.78 is 12.6. The van der Waals surface area contributed by atoms with E-state index in [9.17, 15) is 14.7 Å². The van der Waals surface area contributed by atoms with Crippen LogP contribution in [0.5, 0.6) is 11.5 Å². The van der Waals surface area contributed by atoms with Gasteiger partial charge < -0.3 is 19.9 Å². The molecule has 0 aliphatic rings. The highest BCUT2D eigenvalue weighted by Gasteiger charge is 2.24. The van der Waals surface area contributed by atoms with Gasteiger partial charge in [0.1, 0.15) is 17.5 Å². The van der Waals surface area contributed by atoms with Crippen molar-refractivity contribution in [3.63, 3.8) is 0 Å². The van der Waals surface area contributed by atoms with Crippen LogP contribution in [0.15, 0.2) is 29.8 Å². The van der Waals surface area contributed by atoms with Gasteiger partial charge in [-0.25, -0.2) is 9.78 Å². The number of ether oxygens (including phenoxy) is 2. The number of imidazole rings is 1. The molecule has 154 valence electrons. The maximum absolute atomic E-state index is 12.4. The van der Waals surface area contributed by atoms with Gasteiger partial charge >= 0.3 is 5.97 Å². The standard InChI is InChI=1S/C20H23N3O5S/c1-11(2)18(19(25)26)22-17(24)7-12-10-29-20-21-15(9-23(12)20)14-8-13(27-3)5-6-16(14)28-4/h5-6,8-11,18H,7H2,1-4H3,(H,22,24)(H,25,26). The molecule has 0 bridgehead atoms. The summed E-state index contributed by atoms with van der Waals surface area (Å²) >= 11 is 1.41. The van der Waals surface area contributed by atoms with Gasteiger partial charge in [0.2, 0.25) is 5.91 Å². The van der Waals surface area contributed by atoms with E-state index in [4.69, 9.17) is 9.47 Å². The van der Waals surface area contributed by atoms with E-state index in [1.807, 2.05) is 34.2 Å². The highest BCUT2D eigenvalue weighted by molar-refractivity contribution is 7.15. The lowest BCUT2D eigenvalue weighted by Gasteiger charge is -2.17. The van der Waals surface area contributed by atoms with Crippen LogP contribution >= 0.6 is 11.3 Å². The second kappa shape index (κ2) is 8.52. The second-order valence-corrected chi connectivity index (χ2v) is 7.71. The number of hydrogen-bond acceptors (Lipinski definition) is 6. The highest BCUT2D eigenvalue weighted by atomic mass is 32.1. The van der Waals surface area contributed by atoms with Crippen molar-refractivity contribution in [2.45, 2.75) is 26.3 Å². The normalized spacial score (nSPS) is 12.2. The molecule has 3 aromatic rings. The molecule has 3 rings (SSSR count). The fourth-order valence-electron chi connectivity index (χ4n) is 3.00. The second-order valence-electron chi connectivity index (χ2n) is 6.88. The molecule has 8 nitrogen and oxygen atoms in total. The van der Waals surface area contributed by atoms with Gasteiger partial charge in [-0.1, -0.05) is 13.8 Å². The molecular weight excluding hydrogens is 394 g/mol. The summed E-state index contributed by atoms with van der Waals surface area (Å²) in [5.74, 6) is -0.250. The molecule has 1 amide bonds. The summed E-state index contributed by atoms with van der Waals surface area (Å²) in [6, 6.07) is 4.55. The Morgan fingerprint density at radius 3 is 2.66 bits per heavy atom. The summed E-state index contributed by atoms with van der Waals surface area (Å²) in [6.07, 6.45) is 1.89. The van der Waals surface area contributed by atoms with Gasteiger partial charge in [-0.05, 0) is 24.1 Å². The van der Waals surface area contributed by atoms with Crippen LogP contribution < -0.4 is 14.8 Å². The Kier molecular flexibility index (Phi) is 6.07. The molecule has 29 heavy (non-hydrogen) atoms. The number of aromatic nitrogens is 2. The van der Waals surface area contributed by atoms with Gasteiger partial charge in [0.25, 0.3) is 0 Å². The fraction of sp³-hybridized carbons (Fsp3) is 0.350. The Morgan fingerprint density at radius 2 is 2.03 bits per heavy atom. The van der Waals surface area contributed by atoms with Crippen molar-refractivity contribution in [2.75, 3.05) is 14.2 Å². The third-order valence-electron chi connectivity index (χ3n) is 4.56. The molecular formula is C20H23N3O5S. The predicted octanol–water partition coefficient (Wildman–Crippen LogP) is 2.85. The maximum atomic E-state index is 12.4. The molecule has 0 fully saturated rings. The summed E-state index contributed by atoms with van der Waals surface area (Å²) in [7, 11) is 3.18. The number of carbonyl (C=O) groups is 2. The van der Waals surface area contributed by atoms with E-state index in [1.54, 1.807) is 28.1 Å². The minimum absolute atomic E-state index is 0.0571. The van der Waals surface area contributed by atoms with Crippen molar-refractivity contribution in [2.24, 2.45) is 5.92 Å². The minimum Gasteiger partial charge on any atom is -0.497 e. The van der Waals surface area contributed by atoms with Crippen LogP contribution in [0.3, 0.4) is 0 Å². The van der Waals surface area contributed by atoms with Crippen molar-refractivity contribution in [1.29, 1.82) is 0 Å². The number of carboxylic acid groups (broad SMARTS) is 1. The van der Waals surface area contributed by atoms with Gasteiger partial charge in [0.15, 0.2) is 4.96 Å². The first-order valence-electron chi connectivity index (χ1n) is 9.04. The van der Waals surface area contributed by atoms with Crippen LogP contribution in [0.25, 0.3) is 16.2 Å². The lowest BCUT2D eigenvalue weighted by Crippen LogP contribution is -2.45. The zero-order chi connectivity index (χ0) is 21.1. The van der Waals surface area contributed by atoms with Crippen LogP contribution in [0.4, 0.5) is 0 Å². The lowest BCUT2D eigenvalue weighted by atomic mass is 10.0. The Balaban J connectivity index is 1.87. The van der Waals surface area contributed by atoms with Gasteiger partial charge in [0, 0.05) is 22.8 Å². The van der Waals surface area contributed by atoms with Crippen LogP contribution in [0.2, 0.25) is 0 Å². The summed E-state index contributed by atoms with van der Waals surface area (Å²) in [5.41, 5.74) is 2.21. The molecule has 0 saturated heterocycles. The third-order valence-corrected chi connectivity index (χ3v) is 5.45. The quantitative estimate of drug-likeness (QED) is 0.584. The average Bonchev–Trinajstić information content (AvgIpc) is 3.27. The molecule has 0 saturated carbocycles. The number of aliphatic carboxylic acids is 1. The van der Waals surface area contributed by atoms with Crippen LogP contribution in [0, 0.1) is 5.92 Å². The fourth-order valence-corrected chi connectivity index (χ4v) is 3.88. The summed E-state index contributed by atoms with van der Waals surface area (Å²) in [5, 5.41) is 13.7. The molecule has 0 aliphatic heterocycles. The topological polar surface area (TPSA) is 102 Å². The zero-order valence-corrected chi connectivity index (χ0v) is 17.4. The third kappa shape index (κ3) is 4.34. The Hall–Kier alpha value is -3.07. The average molecular weight is 417 g/mol. The van der Waals surface area contributed by atoms with E-state index >= 15 is 0 Å². The Labute approximate surface area is 172 Å². The van der Waals surface area contributed by atoms with Gasteiger partial charge in [0.05, 0.1) is 26.3 Å². The van der Waals surface area contributed by atoms with Crippen LogP contribution in [-0.4, -0.2) is 46.6 Å². The number of nitrogens with zero attached hydrogens (tertiary/aromatic N) is 2. The van der Waals surface area contributed by atoms with E-state index in [-0.39, 0.29) is 18.2 Å². The number of carboxylic acids is 1. The van der Waals surface area contributed by atoms with Crippen LogP contribution in [-0.2, 0) is 16.0 Å².